The Kier molecular flexibility index (Phi) is 7.99. The molecule has 0 radical (unpaired) electrons. The molecule has 0 amide bonds. The topological polar surface area (TPSA) is 93.1 Å². The van der Waals surface area contributed by atoms with Gasteiger partial charge < -0.3 is 19.7 Å². The van der Waals surface area contributed by atoms with Crippen LogP contribution in [0.5, 0.6) is 11.5 Å². The van der Waals surface area contributed by atoms with Crippen LogP contribution >= 0.6 is 23.2 Å². The van der Waals surface area contributed by atoms with E-state index in [1.54, 1.807) is 0 Å². The summed E-state index contributed by atoms with van der Waals surface area (Å²) in [5.74, 6) is -14.9. The molecular formula is C24H13Cl2F5O6. The number of methoxy groups -OCH3 is 2. The molecule has 194 valence electrons. The van der Waals surface area contributed by atoms with Gasteiger partial charge in [0, 0.05) is 0 Å². The number of halogens is 7. The minimum absolute atomic E-state index is 0.218. The van der Waals surface area contributed by atoms with E-state index < -0.39 is 63.3 Å². The van der Waals surface area contributed by atoms with Crippen molar-refractivity contribution in [2.75, 3.05) is 14.2 Å². The van der Waals surface area contributed by atoms with Crippen LogP contribution in [0.25, 0.3) is 11.6 Å². The quantitative estimate of drug-likeness (QED) is 0.144. The van der Waals surface area contributed by atoms with Gasteiger partial charge in [0.2, 0.25) is 5.82 Å². The number of carbonyl (C=O) groups is 2. The highest BCUT2D eigenvalue weighted by atomic mass is 35.5. The second-order valence-corrected chi connectivity index (χ2v) is 8.04. The molecule has 0 fully saturated rings. The standard InChI is InChI=1S/C24H13Cl2F5O6/c1-36-21-12(23(32)33)3-8(5-14(21)25)10(7-11-16(27)18(29)20(31)19(30)17(11)28)9-4-13(24(34)35)22(37-2)15(26)6-9/h3-7H,1-2H3,(H,32,33)(H,34,35). The summed E-state index contributed by atoms with van der Waals surface area (Å²) in [7, 11) is 2.25. The molecule has 13 heteroatoms. The van der Waals surface area contributed by atoms with Crippen molar-refractivity contribution in [1.82, 2.24) is 0 Å². The third-order valence-electron chi connectivity index (χ3n) is 5.11. The lowest BCUT2D eigenvalue weighted by Crippen LogP contribution is -2.06. The lowest BCUT2D eigenvalue weighted by atomic mass is 9.92. The maximum atomic E-state index is 14.6. The van der Waals surface area contributed by atoms with E-state index in [4.69, 9.17) is 32.7 Å². The molecule has 0 bridgehead atoms. The lowest BCUT2D eigenvalue weighted by Gasteiger charge is -2.16. The Balaban J connectivity index is 2.50. The molecule has 2 N–H and O–H groups in total. The van der Waals surface area contributed by atoms with Crippen molar-refractivity contribution >= 4 is 46.8 Å². The van der Waals surface area contributed by atoms with Gasteiger partial charge in [0.25, 0.3) is 0 Å². The molecule has 0 aromatic heterocycles. The van der Waals surface area contributed by atoms with Gasteiger partial charge in [0.15, 0.2) is 34.8 Å². The molecule has 0 unspecified atom stereocenters. The second kappa shape index (κ2) is 10.7. The van der Waals surface area contributed by atoms with Gasteiger partial charge in [0.1, 0.15) is 11.1 Å². The molecule has 0 spiro atoms. The molecule has 6 nitrogen and oxygen atoms in total. The predicted octanol–water partition coefficient (Wildman–Crippen LogP) is 6.69. The summed E-state index contributed by atoms with van der Waals surface area (Å²) < 4.78 is 80.5. The minimum Gasteiger partial charge on any atom is -0.494 e. The van der Waals surface area contributed by atoms with E-state index in [0.717, 1.165) is 38.5 Å². The van der Waals surface area contributed by atoms with Gasteiger partial charge in [-0.3, -0.25) is 0 Å². The SMILES string of the molecule is COc1c(Cl)cc(C(=Cc2c(F)c(F)c(F)c(F)c2F)c2cc(Cl)c(OC)c(C(=O)O)c2)cc1C(=O)O. The Hall–Kier alpha value is -3.83. The maximum Gasteiger partial charge on any atom is 0.339 e. The van der Waals surface area contributed by atoms with Gasteiger partial charge in [-0.25, -0.2) is 31.5 Å². The fourth-order valence-electron chi connectivity index (χ4n) is 3.46. The summed E-state index contributed by atoms with van der Waals surface area (Å²) in [6, 6.07) is 4.07. The van der Waals surface area contributed by atoms with Gasteiger partial charge in [-0.05, 0) is 47.0 Å². The summed E-state index contributed by atoms with van der Waals surface area (Å²) in [6.07, 6.45) is 0.518. The largest absolute Gasteiger partial charge is 0.494 e. The second-order valence-electron chi connectivity index (χ2n) is 7.23. The summed E-state index contributed by atoms with van der Waals surface area (Å²) in [6.45, 7) is 0. The molecule has 0 aliphatic rings. The molecule has 0 atom stereocenters. The minimum atomic E-state index is -2.39. The van der Waals surface area contributed by atoms with Crippen LogP contribution in [-0.2, 0) is 0 Å². The molecule has 3 aromatic rings. The number of hydrogen-bond acceptors (Lipinski definition) is 4. The molecule has 0 heterocycles. The van der Waals surface area contributed by atoms with E-state index in [-0.39, 0.29) is 32.7 Å². The zero-order valence-electron chi connectivity index (χ0n) is 18.6. The van der Waals surface area contributed by atoms with E-state index in [2.05, 4.69) is 0 Å². The van der Waals surface area contributed by atoms with Crippen LogP contribution in [0.4, 0.5) is 22.0 Å². The molecule has 0 saturated carbocycles. The highest BCUT2D eigenvalue weighted by Gasteiger charge is 2.27. The zero-order valence-corrected chi connectivity index (χ0v) is 20.1. The monoisotopic (exact) mass is 562 g/mol. The maximum absolute atomic E-state index is 14.6. The zero-order chi connectivity index (χ0) is 27.8. The summed E-state index contributed by atoms with van der Waals surface area (Å²) in [4.78, 5) is 23.6. The van der Waals surface area contributed by atoms with Crippen molar-refractivity contribution in [2.24, 2.45) is 0 Å². The average Bonchev–Trinajstić information content (AvgIpc) is 2.85. The Morgan fingerprint density at radius 1 is 0.703 bits per heavy atom. The van der Waals surface area contributed by atoms with Crippen LogP contribution in [0.3, 0.4) is 0 Å². The van der Waals surface area contributed by atoms with Gasteiger partial charge in [-0.2, -0.15) is 0 Å². The first kappa shape index (κ1) is 27.8. The molecule has 0 aliphatic carbocycles. The van der Waals surface area contributed by atoms with Crippen LogP contribution < -0.4 is 9.47 Å². The fraction of sp³-hybridized carbons (Fsp3) is 0.0833. The highest BCUT2D eigenvalue weighted by molar-refractivity contribution is 6.33. The Morgan fingerprint density at radius 2 is 1.05 bits per heavy atom. The normalized spacial score (nSPS) is 10.7. The van der Waals surface area contributed by atoms with Crippen LogP contribution in [-0.4, -0.2) is 36.4 Å². The number of aromatic carboxylic acids is 2. The summed E-state index contributed by atoms with van der Waals surface area (Å²) in [5, 5.41) is 18.6. The molecule has 0 saturated heterocycles. The van der Waals surface area contributed by atoms with Crippen molar-refractivity contribution in [3.8, 4) is 11.5 Å². The Labute approximate surface area is 215 Å². The van der Waals surface area contributed by atoms with E-state index in [1.807, 2.05) is 0 Å². The molecule has 0 aliphatic heterocycles. The number of ether oxygens (including phenoxy) is 2. The van der Waals surface area contributed by atoms with Gasteiger partial charge in [-0.15, -0.1) is 0 Å². The number of carboxylic acids is 2. The van der Waals surface area contributed by atoms with E-state index >= 15 is 0 Å². The number of carboxylic acid groups (broad SMARTS) is 2. The fourth-order valence-corrected chi connectivity index (χ4v) is 4.05. The van der Waals surface area contributed by atoms with Gasteiger partial charge in [0.05, 0.1) is 29.8 Å². The lowest BCUT2D eigenvalue weighted by molar-refractivity contribution is 0.0682. The number of benzene rings is 3. The van der Waals surface area contributed by atoms with Crippen LogP contribution in [0.15, 0.2) is 24.3 Å². The van der Waals surface area contributed by atoms with Crippen LogP contribution in [0.1, 0.15) is 37.4 Å². The van der Waals surface area contributed by atoms with Crippen molar-refractivity contribution in [2.45, 2.75) is 0 Å². The molecular weight excluding hydrogens is 550 g/mol. The van der Waals surface area contributed by atoms with Crippen molar-refractivity contribution in [1.29, 1.82) is 0 Å². The smallest absolute Gasteiger partial charge is 0.339 e. The molecule has 3 rings (SSSR count). The van der Waals surface area contributed by atoms with Crippen LogP contribution in [0.2, 0.25) is 10.0 Å². The summed E-state index contributed by atoms with van der Waals surface area (Å²) >= 11 is 12.3. The molecule has 37 heavy (non-hydrogen) atoms. The van der Waals surface area contributed by atoms with Crippen LogP contribution in [0, 0.1) is 29.1 Å². The van der Waals surface area contributed by atoms with E-state index in [1.165, 1.54) is 0 Å². The summed E-state index contributed by atoms with van der Waals surface area (Å²) in [5.41, 5.74) is -3.27. The third-order valence-corrected chi connectivity index (χ3v) is 5.67. The van der Waals surface area contributed by atoms with Gasteiger partial charge >= 0.3 is 11.9 Å². The average molecular weight is 563 g/mol. The molecule has 3 aromatic carbocycles. The van der Waals surface area contributed by atoms with E-state index in [9.17, 15) is 41.8 Å². The first-order chi connectivity index (χ1) is 17.3. The highest BCUT2D eigenvalue weighted by Crippen LogP contribution is 2.40. The van der Waals surface area contributed by atoms with Crippen molar-refractivity contribution in [3.63, 3.8) is 0 Å². The first-order valence-electron chi connectivity index (χ1n) is 9.79. The first-order valence-corrected chi connectivity index (χ1v) is 10.5. The predicted molar refractivity (Wildman–Crippen MR) is 123 cm³/mol. The van der Waals surface area contributed by atoms with Crippen molar-refractivity contribution < 1.29 is 51.2 Å². The van der Waals surface area contributed by atoms with E-state index in [0.29, 0.717) is 6.08 Å². The number of hydrogen-bond donors (Lipinski definition) is 2. The Bertz CT molecular complexity index is 1390. The number of rotatable bonds is 7. The Morgan fingerprint density at radius 3 is 1.38 bits per heavy atom. The van der Waals surface area contributed by atoms with Gasteiger partial charge in [-0.1, -0.05) is 23.2 Å². The van der Waals surface area contributed by atoms with Crippen molar-refractivity contribution in [3.05, 3.63) is 91.2 Å². The third kappa shape index (κ3) is 5.05.